The van der Waals surface area contributed by atoms with Crippen molar-refractivity contribution in [1.29, 1.82) is 0 Å². The predicted molar refractivity (Wildman–Crippen MR) is 72.7 cm³/mol. The SMILES string of the molecule is O=C(NCCN1CCOCC1)c1ccc(O)c(Cl)c1. The molecule has 1 aliphatic heterocycles. The van der Waals surface area contributed by atoms with Crippen LogP contribution >= 0.6 is 11.6 Å². The van der Waals surface area contributed by atoms with Gasteiger partial charge in [0.1, 0.15) is 5.75 Å². The van der Waals surface area contributed by atoms with Crippen LogP contribution in [0.15, 0.2) is 18.2 Å². The number of nitrogens with one attached hydrogen (secondary N) is 1. The number of hydrogen-bond donors (Lipinski definition) is 2. The van der Waals surface area contributed by atoms with Crippen LogP contribution in [0.4, 0.5) is 0 Å². The third kappa shape index (κ3) is 4.09. The summed E-state index contributed by atoms with van der Waals surface area (Å²) in [6, 6.07) is 4.42. The molecule has 0 aromatic heterocycles. The van der Waals surface area contributed by atoms with Gasteiger partial charge in [-0.3, -0.25) is 9.69 Å². The highest BCUT2D eigenvalue weighted by Gasteiger charge is 2.11. The molecule has 2 rings (SSSR count). The van der Waals surface area contributed by atoms with Gasteiger partial charge < -0.3 is 15.2 Å². The minimum absolute atomic E-state index is 0.0217. The summed E-state index contributed by atoms with van der Waals surface area (Å²) in [6.07, 6.45) is 0. The van der Waals surface area contributed by atoms with Gasteiger partial charge in [0.15, 0.2) is 0 Å². The normalized spacial score (nSPS) is 16.3. The zero-order valence-electron chi connectivity index (χ0n) is 10.6. The van der Waals surface area contributed by atoms with Gasteiger partial charge in [-0.25, -0.2) is 0 Å². The molecule has 0 aliphatic carbocycles. The first-order valence-corrected chi connectivity index (χ1v) is 6.61. The zero-order valence-corrected chi connectivity index (χ0v) is 11.3. The lowest BCUT2D eigenvalue weighted by atomic mass is 10.2. The van der Waals surface area contributed by atoms with Crippen molar-refractivity contribution in [3.8, 4) is 5.75 Å². The summed E-state index contributed by atoms with van der Waals surface area (Å²) in [6.45, 7) is 4.70. The molecular weight excluding hydrogens is 268 g/mol. The Balaban J connectivity index is 1.78. The van der Waals surface area contributed by atoms with E-state index < -0.39 is 0 Å². The summed E-state index contributed by atoms with van der Waals surface area (Å²) in [7, 11) is 0. The number of ether oxygens (including phenoxy) is 1. The number of aromatic hydroxyl groups is 1. The number of rotatable bonds is 4. The monoisotopic (exact) mass is 284 g/mol. The fourth-order valence-corrected chi connectivity index (χ4v) is 2.08. The largest absolute Gasteiger partial charge is 0.506 e. The Labute approximate surface area is 117 Å². The zero-order chi connectivity index (χ0) is 13.7. The van der Waals surface area contributed by atoms with E-state index in [4.69, 9.17) is 16.3 Å². The Morgan fingerprint density at radius 2 is 2.16 bits per heavy atom. The maximum Gasteiger partial charge on any atom is 0.251 e. The molecule has 1 saturated heterocycles. The van der Waals surface area contributed by atoms with Gasteiger partial charge in [-0.1, -0.05) is 11.6 Å². The van der Waals surface area contributed by atoms with Crippen LogP contribution in [0.5, 0.6) is 5.75 Å². The van der Waals surface area contributed by atoms with E-state index in [9.17, 15) is 9.90 Å². The first-order chi connectivity index (χ1) is 9.16. The molecule has 6 heteroatoms. The maximum absolute atomic E-state index is 11.9. The third-order valence-electron chi connectivity index (χ3n) is 3.03. The van der Waals surface area contributed by atoms with Crippen molar-refractivity contribution in [3.05, 3.63) is 28.8 Å². The number of halogens is 1. The molecule has 0 bridgehead atoms. The fourth-order valence-electron chi connectivity index (χ4n) is 1.90. The summed E-state index contributed by atoms with van der Waals surface area (Å²) in [4.78, 5) is 14.1. The van der Waals surface area contributed by atoms with Crippen LogP contribution in [0.2, 0.25) is 5.02 Å². The van der Waals surface area contributed by atoms with Gasteiger partial charge in [0.05, 0.1) is 18.2 Å². The lowest BCUT2D eigenvalue weighted by Crippen LogP contribution is -2.41. The quantitative estimate of drug-likeness (QED) is 0.869. The van der Waals surface area contributed by atoms with Crippen LogP contribution in [0.1, 0.15) is 10.4 Å². The summed E-state index contributed by atoms with van der Waals surface area (Å²) in [5.41, 5.74) is 0.449. The molecule has 0 unspecified atom stereocenters. The van der Waals surface area contributed by atoms with Gasteiger partial charge in [0.25, 0.3) is 5.91 Å². The molecule has 1 heterocycles. The predicted octanol–water partition coefficient (Wildman–Crippen LogP) is 1.11. The van der Waals surface area contributed by atoms with Gasteiger partial charge >= 0.3 is 0 Å². The molecule has 19 heavy (non-hydrogen) atoms. The van der Waals surface area contributed by atoms with Gasteiger partial charge in [-0.2, -0.15) is 0 Å². The lowest BCUT2D eigenvalue weighted by molar-refractivity contribution is 0.0383. The number of carbonyl (C=O) groups is 1. The smallest absolute Gasteiger partial charge is 0.251 e. The van der Waals surface area contributed by atoms with E-state index in [0.29, 0.717) is 12.1 Å². The minimum Gasteiger partial charge on any atom is -0.506 e. The summed E-state index contributed by atoms with van der Waals surface area (Å²) in [5, 5.41) is 12.3. The molecule has 1 aliphatic rings. The standard InChI is InChI=1S/C13H17ClN2O3/c14-11-9-10(1-2-12(11)17)13(18)15-3-4-16-5-7-19-8-6-16/h1-2,9,17H,3-8H2,(H,15,18). The molecule has 2 N–H and O–H groups in total. The number of morpholine rings is 1. The van der Waals surface area contributed by atoms with Gasteiger partial charge in [-0.05, 0) is 18.2 Å². The van der Waals surface area contributed by atoms with Gasteiger partial charge in [0, 0.05) is 31.7 Å². The average Bonchev–Trinajstić information content (AvgIpc) is 2.43. The topological polar surface area (TPSA) is 61.8 Å². The van der Waals surface area contributed by atoms with Crippen molar-refractivity contribution in [2.24, 2.45) is 0 Å². The number of amides is 1. The molecule has 1 aromatic carbocycles. The number of hydrogen-bond acceptors (Lipinski definition) is 4. The second kappa shape index (κ2) is 6.75. The summed E-state index contributed by atoms with van der Waals surface area (Å²) < 4.78 is 5.25. The van der Waals surface area contributed by atoms with E-state index in [1.54, 1.807) is 6.07 Å². The van der Waals surface area contributed by atoms with Crippen molar-refractivity contribution in [2.75, 3.05) is 39.4 Å². The molecule has 0 radical (unpaired) electrons. The Morgan fingerprint density at radius 3 is 2.84 bits per heavy atom. The molecule has 0 spiro atoms. The highest BCUT2D eigenvalue weighted by molar-refractivity contribution is 6.32. The van der Waals surface area contributed by atoms with Crippen LogP contribution in [0.3, 0.4) is 0 Å². The Kier molecular flexibility index (Phi) is 5.01. The van der Waals surface area contributed by atoms with E-state index in [2.05, 4.69) is 10.2 Å². The number of phenols is 1. The summed E-state index contributed by atoms with van der Waals surface area (Å²) >= 11 is 5.76. The minimum atomic E-state index is -0.185. The van der Waals surface area contributed by atoms with Crippen molar-refractivity contribution >= 4 is 17.5 Å². The first-order valence-electron chi connectivity index (χ1n) is 6.23. The Morgan fingerprint density at radius 1 is 1.42 bits per heavy atom. The van der Waals surface area contributed by atoms with Crippen LogP contribution in [-0.4, -0.2) is 55.3 Å². The lowest BCUT2D eigenvalue weighted by Gasteiger charge is -2.26. The van der Waals surface area contributed by atoms with E-state index >= 15 is 0 Å². The highest BCUT2D eigenvalue weighted by atomic mass is 35.5. The summed E-state index contributed by atoms with van der Waals surface area (Å²) in [5.74, 6) is -0.207. The first kappa shape index (κ1) is 14.1. The Bertz CT molecular complexity index is 448. The number of carbonyl (C=O) groups excluding carboxylic acids is 1. The van der Waals surface area contributed by atoms with Gasteiger partial charge in [0.2, 0.25) is 0 Å². The molecular formula is C13H17ClN2O3. The maximum atomic E-state index is 11.9. The molecule has 1 fully saturated rings. The third-order valence-corrected chi connectivity index (χ3v) is 3.33. The second-order valence-electron chi connectivity index (χ2n) is 4.38. The molecule has 0 saturated carbocycles. The Hall–Kier alpha value is -1.30. The van der Waals surface area contributed by atoms with E-state index in [1.165, 1.54) is 12.1 Å². The second-order valence-corrected chi connectivity index (χ2v) is 4.78. The van der Waals surface area contributed by atoms with Crippen LogP contribution in [0.25, 0.3) is 0 Å². The van der Waals surface area contributed by atoms with Crippen LogP contribution in [-0.2, 0) is 4.74 Å². The van der Waals surface area contributed by atoms with Crippen molar-refractivity contribution < 1.29 is 14.6 Å². The molecule has 5 nitrogen and oxygen atoms in total. The van der Waals surface area contributed by atoms with Crippen molar-refractivity contribution in [1.82, 2.24) is 10.2 Å². The van der Waals surface area contributed by atoms with Crippen LogP contribution in [0, 0.1) is 0 Å². The van der Waals surface area contributed by atoms with Gasteiger partial charge in [-0.15, -0.1) is 0 Å². The van der Waals surface area contributed by atoms with Crippen LogP contribution < -0.4 is 5.32 Å². The number of benzene rings is 1. The van der Waals surface area contributed by atoms with Crippen molar-refractivity contribution in [3.63, 3.8) is 0 Å². The highest BCUT2D eigenvalue weighted by Crippen LogP contribution is 2.23. The molecule has 1 amide bonds. The molecule has 104 valence electrons. The van der Waals surface area contributed by atoms with E-state index in [1.807, 2.05) is 0 Å². The molecule has 1 aromatic rings. The van der Waals surface area contributed by atoms with E-state index in [-0.39, 0.29) is 16.7 Å². The number of phenolic OH excluding ortho intramolecular Hbond substituents is 1. The van der Waals surface area contributed by atoms with Crippen molar-refractivity contribution in [2.45, 2.75) is 0 Å². The van der Waals surface area contributed by atoms with E-state index in [0.717, 1.165) is 32.8 Å². The fraction of sp³-hybridized carbons (Fsp3) is 0.462. The number of nitrogens with zero attached hydrogens (tertiary/aromatic N) is 1. The average molecular weight is 285 g/mol. The molecule has 0 atom stereocenters.